The summed E-state index contributed by atoms with van der Waals surface area (Å²) >= 11 is 6.50. The third kappa shape index (κ3) is 7.27. The van der Waals surface area contributed by atoms with Crippen molar-refractivity contribution in [2.75, 3.05) is 18.1 Å². The number of halogens is 1. The van der Waals surface area contributed by atoms with Crippen molar-refractivity contribution < 1.29 is 19.2 Å². The number of nitrogens with zero attached hydrogens (tertiary/aromatic N) is 2. The minimum atomic E-state index is -0.645. The minimum absolute atomic E-state index is 0.199. The van der Waals surface area contributed by atoms with Crippen molar-refractivity contribution in [1.29, 1.82) is 0 Å². The van der Waals surface area contributed by atoms with Gasteiger partial charge in [0.15, 0.2) is 12.1 Å². The van der Waals surface area contributed by atoms with Gasteiger partial charge in [0.25, 0.3) is 5.91 Å². The molecule has 0 bridgehead atoms. The van der Waals surface area contributed by atoms with Crippen LogP contribution < -0.4 is 16.1 Å². The molecule has 1 aliphatic heterocycles. The zero-order valence-electron chi connectivity index (χ0n) is 18.6. The molecule has 3 N–H and O–H groups in total. The Balaban J connectivity index is 1.63. The van der Waals surface area contributed by atoms with E-state index in [1.54, 1.807) is 30.2 Å². The summed E-state index contributed by atoms with van der Waals surface area (Å²) in [6.45, 7) is 2.86. The summed E-state index contributed by atoms with van der Waals surface area (Å²) in [5, 5.41) is 0.337. The van der Waals surface area contributed by atoms with E-state index in [4.69, 9.17) is 26.9 Å². The van der Waals surface area contributed by atoms with E-state index in [-0.39, 0.29) is 5.91 Å². The first kappa shape index (κ1) is 24.6. The molecule has 1 unspecified atom stereocenters. The lowest BCUT2D eigenvalue weighted by molar-refractivity contribution is -0.198. The number of hydroxylamine groups is 1. The molecule has 2 heterocycles. The maximum atomic E-state index is 12.8. The first-order valence-electron chi connectivity index (χ1n) is 11.4. The van der Waals surface area contributed by atoms with Gasteiger partial charge in [0.05, 0.1) is 11.1 Å². The Morgan fingerprint density at radius 2 is 2.06 bits per heavy atom. The van der Waals surface area contributed by atoms with Gasteiger partial charge in [-0.05, 0) is 56.2 Å². The molecule has 2 aliphatic rings. The van der Waals surface area contributed by atoms with E-state index in [2.05, 4.69) is 10.5 Å². The monoisotopic (exact) mass is 464 g/mol. The third-order valence-electron chi connectivity index (χ3n) is 5.78. The van der Waals surface area contributed by atoms with Crippen LogP contribution >= 0.6 is 11.6 Å². The lowest BCUT2D eigenvalue weighted by Gasteiger charge is -2.30. The lowest BCUT2D eigenvalue weighted by Crippen LogP contribution is -2.45. The maximum absolute atomic E-state index is 12.8. The Hall–Kier alpha value is -2.00. The summed E-state index contributed by atoms with van der Waals surface area (Å²) in [5.41, 5.74) is 8.89. The van der Waals surface area contributed by atoms with Crippen LogP contribution in [0, 0.1) is 5.92 Å². The van der Waals surface area contributed by atoms with Gasteiger partial charge in [-0.2, -0.15) is 0 Å². The molecule has 0 aromatic carbocycles. The number of nitrogens with two attached hydrogens (primary N) is 1. The number of amides is 2. The minimum Gasteiger partial charge on any atom is -0.350 e. The maximum Gasteiger partial charge on any atom is 0.267 e. The number of carbonyl (C=O) groups is 2. The molecule has 0 radical (unpaired) electrons. The molecule has 2 atom stereocenters. The predicted molar refractivity (Wildman–Crippen MR) is 124 cm³/mol. The fourth-order valence-electron chi connectivity index (χ4n) is 4.02. The zero-order chi connectivity index (χ0) is 22.9. The number of ether oxygens (including phenoxy) is 1. The van der Waals surface area contributed by atoms with Gasteiger partial charge in [-0.1, -0.05) is 30.9 Å². The molecule has 1 aromatic rings. The summed E-state index contributed by atoms with van der Waals surface area (Å²) in [5.74, 6) is 0.208. The van der Waals surface area contributed by atoms with Crippen LogP contribution in [0.1, 0.15) is 63.9 Å². The van der Waals surface area contributed by atoms with E-state index in [0.29, 0.717) is 35.5 Å². The Morgan fingerprint density at radius 1 is 1.31 bits per heavy atom. The van der Waals surface area contributed by atoms with Gasteiger partial charge in [0.1, 0.15) is 0 Å². The van der Waals surface area contributed by atoms with Crippen molar-refractivity contribution in [3.63, 3.8) is 0 Å². The fourth-order valence-corrected chi connectivity index (χ4v) is 4.30. The highest BCUT2D eigenvalue weighted by Crippen LogP contribution is 2.30. The largest absolute Gasteiger partial charge is 0.350 e. The topological polar surface area (TPSA) is 107 Å². The number of carbonyl (C=O) groups excluding carboxylic acids is 2. The van der Waals surface area contributed by atoms with Crippen molar-refractivity contribution in [3.8, 4) is 0 Å². The molecule has 1 aliphatic carbocycles. The number of nitrogens with one attached hydrogen (secondary N) is 1. The summed E-state index contributed by atoms with van der Waals surface area (Å²) in [4.78, 5) is 36.1. The highest BCUT2D eigenvalue weighted by Gasteiger charge is 2.26. The summed E-state index contributed by atoms with van der Waals surface area (Å²) in [7, 11) is 0. The number of anilines is 1. The van der Waals surface area contributed by atoms with E-state index in [1.807, 2.05) is 0 Å². The van der Waals surface area contributed by atoms with Gasteiger partial charge in [-0.25, -0.2) is 15.3 Å². The van der Waals surface area contributed by atoms with Crippen molar-refractivity contribution in [2.24, 2.45) is 11.7 Å². The number of hydrogen-bond acceptors (Lipinski definition) is 6. The van der Waals surface area contributed by atoms with Crippen molar-refractivity contribution in [2.45, 2.75) is 70.6 Å². The summed E-state index contributed by atoms with van der Waals surface area (Å²) in [6, 6.07) is 1.04. The van der Waals surface area contributed by atoms with Crippen molar-refractivity contribution in [3.05, 3.63) is 28.9 Å². The fraction of sp³-hybridized carbons (Fsp3) is 0.609. The average Bonchev–Trinajstić information content (AvgIpc) is 2.81. The van der Waals surface area contributed by atoms with Crippen LogP contribution in [0.15, 0.2) is 18.3 Å². The first-order valence-corrected chi connectivity index (χ1v) is 11.8. The first-order chi connectivity index (χ1) is 15.4. The van der Waals surface area contributed by atoms with Gasteiger partial charge in [-0.3, -0.25) is 14.5 Å². The van der Waals surface area contributed by atoms with Crippen molar-refractivity contribution in [1.82, 2.24) is 10.5 Å². The van der Waals surface area contributed by atoms with Gasteiger partial charge in [0.2, 0.25) is 5.91 Å². The molecular weight excluding hydrogens is 432 g/mol. The molecule has 2 amide bonds. The lowest BCUT2D eigenvalue weighted by atomic mass is 9.89. The zero-order valence-corrected chi connectivity index (χ0v) is 19.4. The summed E-state index contributed by atoms with van der Waals surface area (Å²) < 4.78 is 5.40. The predicted octanol–water partition coefficient (Wildman–Crippen LogP) is 3.58. The van der Waals surface area contributed by atoms with E-state index in [9.17, 15) is 9.59 Å². The second-order valence-electron chi connectivity index (χ2n) is 8.53. The van der Waals surface area contributed by atoms with Gasteiger partial charge < -0.3 is 10.5 Å². The standard InChI is InChI=1S/C23H33ClN4O4/c1-16(25)23(30)28(15-17-7-3-2-4-8-17)22-19(24)13-18(14-26-22)10-11-20(29)27-32-21-9-5-6-12-31-21/h10-11,13-14,16-17,21H,2-9,12,15,25H2,1H3,(H,27,29)/b11-10+/t16-,21?/m1/s1. The number of rotatable bonds is 8. The van der Waals surface area contributed by atoms with Gasteiger partial charge >= 0.3 is 0 Å². The van der Waals surface area contributed by atoms with E-state index in [1.165, 1.54) is 25.3 Å². The second kappa shape index (κ2) is 12.3. The molecule has 0 spiro atoms. The molecule has 1 saturated carbocycles. The van der Waals surface area contributed by atoms with Crippen LogP contribution in [-0.4, -0.2) is 42.3 Å². The number of hydrogen-bond donors (Lipinski definition) is 2. The summed E-state index contributed by atoms with van der Waals surface area (Å²) in [6.07, 6.45) is 12.6. The van der Waals surface area contributed by atoms with Gasteiger partial charge in [-0.15, -0.1) is 0 Å². The normalized spacial score (nSPS) is 20.8. The van der Waals surface area contributed by atoms with Gasteiger partial charge in [0, 0.05) is 31.8 Å². The highest BCUT2D eigenvalue weighted by molar-refractivity contribution is 6.33. The third-order valence-corrected chi connectivity index (χ3v) is 6.05. The Bertz CT molecular complexity index is 805. The van der Waals surface area contributed by atoms with Crippen LogP contribution in [0.25, 0.3) is 6.08 Å². The Kier molecular flexibility index (Phi) is 9.47. The molecule has 8 nitrogen and oxygen atoms in total. The van der Waals surface area contributed by atoms with E-state index < -0.39 is 18.2 Å². The van der Waals surface area contributed by atoms with E-state index in [0.717, 1.165) is 32.1 Å². The molecule has 176 valence electrons. The molecular formula is C23H33ClN4O4. The van der Waals surface area contributed by atoms with Crippen LogP contribution in [0.5, 0.6) is 0 Å². The SMILES string of the molecule is C[C@@H](N)C(=O)N(CC1CCCCC1)c1ncc(/C=C/C(=O)NOC2CCCCO2)cc1Cl. The molecule has 9 heteroatoms. The molecule has 2 fully saturated rings. The van der Waals surface area contributed by atoms with Crippen LogP contribution in [0.3, 0.4) is 0 Å². The van der Waals surface area contributed by atoms with Crippen LogP contribution in [0.4, 0.5) is 5.82 Å². The number of pyridine rings is 1. The Morgan fingerprint density at radius 3 is 2.72 bits per heavy atom. The second-order valence-corrected chi connectivity index (χ2v) is 8.94. The number of aromatic nitrogens is 1. The smallest absolute Gasteiger partial charge is 0.267 e. The van der Waals surface area contributed by atoms with E-state index >= 15 is 0 Å². The molecule has 32 heavy (non-hydrogen) atoms. The quantitative estimate of drug-likeness (QED) is 0.449. The molecule has 1 saturated heterocycles. The highest BCUT2D eigenvalue weighted by atomic mass is 35.5. The Labute approximate surface area is 194 Å². The van der Waals surface area contributed by atoms with Crippen molar-refractivity contribution >= 4 is 35.3 Å². The molecule has 1 aromatic heterocycles. The molecule has 3 rings (SSSR count). The average molecular weight is 465 g/mol. The van der Waals surface area contributed by atoms with Crippen LogP contribution in [0.2, 0.25) is 5.02 Å². The van der Waals surface area contributed by atoms with Crippen LogP contribution in [-0.2, 0) is 19.2 Å².